The molecule has 0 aliphatic carbocycles. The van der Waals surface area contributed by atoms with Crippen LogP contribution in [0.25, 0.3) is 11.0 Å². The number of hydrogen-bond acceptors (Lipinski definition) is 6. The van der Waals surface area contributed by atoms with Gasteiger partial charge in [0, 0.05) is 6.07 Å². The van der Waals surface area contributed by atoms with Gasteiger partial charge >= 0.3 is 0 Å². The number of carbonyl (C=O) groups excluding carboxylic acids is 1. The number of aliphatic carboxylic acids is 1. The van der Waals surface area contributed by atoms with Gasteiger partial charge in [-0.25, -0.2) is 0 Å². The highest BCUT2D eigenvalue weighted by molar-refractivity contribution is 5.79. The van der Waals surface area contributed by atoms with Gasteiger partial charge in [0.1, 0.15) is 29.4 Å². The Balaban J connectivity index is 1.92. The zero-order valence-electron chi connectivity index (χ0n) is 12.7. The molecule has 122 valence electrons. The van der Waals surface area contributed by atoms with Gasteiger partial charge in [0.05, 0.1) is 11.4 Å². The molecule has 3 rings (SSSR count). The number of hydrogen-bond donors (Lipinski definition) is 0. The van der Waals surface area contributed by atoms with Crippen molar-refractivity contribution in [2.75, 3.05) is 0 Å². The van der Waals surface area contributed by atoms with Crippen molar-refractivity contribution in [2.45, 2.75) is 13.0 Å². The van der Waals surface area contributed by atoms with Crippen molar-refractivity contribution in [2.24, 2.45) is 0 Å². The van der Waals surface area contributed by atoms with Gasteiger partial charge in [0.25, 0.3) is 0 Å². The van der Waals surface area contributed by atoms with E-state index in [0.29, 0.717) is 11.1 Å². The molecule has 0 saturated heterocycles. The topological polar surface area (TPSA) is 88.8 Å². The van der Waals surface area contributed by atoms with Crippen LogP contribution in [0.5, 0.6) is 17.2 Å². The van der Waals surface area contributed by atoms with Gasteiger partial charge in [0.15, 0.2) is 0 Å². The zero-order chi connectivity index (χ0) is 17.1. The van der Waals surface area contributed by atoms with E-state index in [0.717, 1.165) is 0 Å². The minimum absolute atomic E-state index is 0.0606. The van der Waals surface area contributed by atoms with Gasteiger partial charge in [0.2, 0.25) is 11.2 Å². The van der Waals surface area contributed by atoms with E-state index < -0.39 is 12.1 Å². The SMILES string of the molecule is CC(Oc1ccc2c(=O)c(Oc3ccccc3)coc2c1)C(=O)[O-]. The third-order valence-corrected chi connectivity index (χ3v) is 3.33. The second-order valence-electron chi connectivity index (χ2n) is 5.08. The van der Waals surface area contributed by atoms with Crippen molar-refractivity contribution in [3.63, 3.8) is 0 Å². The number of fused-ring (bicyclic) bond motifs is 1. The van der Waals surface area contributed by atoms with E-state index in [4.69, 9.17) is 13.9 Å². The van der Waals surface area contributed by atoms with Crippen molar-refractivity contribution in [1.29, 1.82) is 0 Å². The molecule has 6 heteroatoms. The smallest absolute Gasteiger partial charge is 0.235 e. The lowest BCUT2D eigenvalue weighted by molar-refractivity contribution is -0.312. The van der Waals surface area contributed by atoms with Gasteiger partial charge in [-0.15, -0.1) is 0 Å². The van der Waals surface area contributed by atoms with Crippen molar-refractivity contribution in [3.05, 3.63) is 65.0 Å². The lowest BCUT2D eigenvalue weighted by Gasteiger charge is -2.15. The molecule has 0 saturated carbocycles. The lowest BCUT2D eigenvalue weighted by atomic mass is 10.2. The molecule has 0 aliphatic rings. The second kappa shape index (κ2) is 6.45. The first-order valence-electron chi connectivity index (χ1n) is 7.20. The second-order valence-corrected chi connectivity index (χ2v) is 5.08. The number of para-hydroxylation sites is 1. The molecule has 24 heavy (non-hydrogen) atoms. The molecule has 0 N–H and O–H groups in total. The van der Waals surface area contributed by atoms with Crippen molar-refractivity contribution in [1.82, 2.24) is 0 Å². The molecule has 1 unspecified atom stereocenters. The molecule has 0 spiro atoms. The molecule has 0 aliphatic heterocycles. The van der Waals surface area contributed by atoms with Crippen LogP contribution in [0.15, 0.2) is 64.0 Å². The molecule has 6 nitrogen and oxygen atoms in total. The number of carboxylic acids is 1. The molecule has 0 fully saturated rings. The standard InChI is InChI=1S/C18H14O6/c1-11(18(20)21)23-13-7-8-14-15(9-13)22-10-16(17(14)19)24-12-5-3-2-4-6-12/h2-11H,1H3,(H,20,21)/p-1. The van der Waals surface area contributed by atoms with Crippen LogP contribution in [-0.4, -0.2) is 12.1 Å². The van der Waals surface area contributed by atoms with E-state index in [-0.39, 0.29) is 22.5 Å². The number of carboxylic acid groups (broad SMARTS) is 1. The summed E-state index contributed by atoms with van der Waals surface area (Å²) in [6, 6.07) is 13.3. The van der Waals surface area contributed by atoms with Crippen LogP contribution < -0.4 is 20.0 Å². The minimum atomic E-state index is -1.33. The number of ether oxygens (including phenoxy) is 2. The Morgan fingerprint density at radius 3 is 2.58 bits per heavy atom. The van der Waals surface area contributed by atoms with Gasteiger partial charge in [-0.1, -0.05) is 18.2 Å². The van der Waals surface area contributed by atoms with Crippen LogP contribution in [0.1, 0.15) is 6.92 Å². The molecule has 0 bridgehead atoms. The maximum Gasteiger partial charge on any atom is 0.235 e. The normalized spacial score (nSPS) is 11.9. The highest BCUT2D eigenvalue weighted by atomic mass is 16.5. The Morgan fingerprint density at radius 1 is 1.12 bits per heavy atom. The summed E-state index contributed by atoms with van der Waals surface area (Å²) in [5, 5.41) is 11.0. The van der Waals surface area contributed by atoms with Gasteiger partial charge in [-0.2, -0.15) is 0 Å². The summed E-state index contributed by atoms with van der Waals surface area (Å²) in [5.41, 5.74) is -0.0666. The van der Waals surface area contributed by atoms with Crippen LogP contribution in [0, 0.1) is 0 Å². The Bertz CT molecular complexity index is 929. The van der Waals surface area contributed by atoms with E-state index in [1.54, 1.807) is 24.3 Å². The Hall–Kier alpha value is -3.28. The summed E-state index contributed by atoms with van der Waals surface area (Å²) in [6.07, 6.45) is 0.0961. The Labute approximate surface area is 136 Å². The molecule has 1 heterocycles. The number of rotatable bonds is 5. The van der Waals surface area contributed by atoms with E-state index in [9.17, 15) is 14.7 Å². The van der Waals surface area contributed by atoms with Gasteiger partial charge in [-0.05, 0) is 31.2 Å². The van der Waals surface area contributed by atoms with Crippen LogP contribution in [0.2, 0.25) is 0 Å². The molecule has 0 amide bonds. The van der Waals surface area contributed by atoms with Crippen LogP contribution in [-0.2, 0) is 4.79 Å². The summed E-state index contributed by atoms with van der Waals surface area (Å²) in [4.78, 5) is 23.2. The fraction of sp³-hybridized carbons (Fsp3) is 0.111. The average Bonchev–Trinajstić information content (AvgIpc) is 2.58. The first kappa shape index (κ1) is 15.6. The largest absolute Gasteiger partial charge is 0.546 e. The molecule has 2 aromatic carbocycles. The summed E-state index contributed by atoms with van der Waals surface area (Å²) in [5.74, 6) is -0.486. The zero-order valence-corrected chi connectivity index (χ0v) is 12.7. The molecular formula is C18H13O6-. The summed E-state index contributed by atoms with van der Waals surface area (Å²) in [6.45, 7) is 1.35. The maximum absolute atomic E-state index is 12.4. The Kier molecular flexibility index (Phi) is 4.20. The molecular weight excluding hydrogens is 312 g/mol. The third kappa shape index (κ3) is 3.22. The first-order chi connectivity index (χ1) is 11.5. The first-order valence-corrected chi connectivity index (χ1v) is 7.20. The van der Waals surface area contributed by atoms with Gasteiger partial charge in [-0.3, -0.25) is 4.79 Å². The fourth-order valence-corrected chi connectivity index (χ4v) is 2.10. The van der Waals surface area contributed by atoms with Crippen molar-refractivity contribution < 1.29 is 23.8 Å². The average molecular weight is 325 g/mol. The predicted molar refractivity (Wildman–Crippen MR) is 84.1 cm³/mol. The van der Waals surface area contributed by atoms with E-state index in [2.05, 4.69) is 0 Å². The number of carbonyl (C=O) groups is 1. The van der Waals surface area contributed by atoms with E-state index in [1.807, 2.05) is 6.07 Å². The van der Waals surface area contributed by atoms with Crippen molar-refractivity contribution in [3.8, 4) is 17.2 Å². The Morgan fingerprint density at radius 2 is 1.88 bits per heavy atom. The van der Waals surface area contributed by atoms with Crippen LogP contribution in [0.3, 0.4) is 0 Å². The maximum atomic E-state index is 12.4. The quantitative estimate of drug-likeness (QED) is 0.714. The third-order valence-electron chi connectivity index (χ3n) is 3.33. The predicted octanol–water partition coefficient (Wildman–Crippen LogP) is 2.10. The van der Waals surface area contributed by atoms with Crippen molar-refractivity contribution >= 4 is 16.9 Å². The van der Waals surface area contributed by atoms with Crippen LogP contribution in [0.4, 0.5) is 0 Å². The minimum Gasteiger partial charge on any atom is -0.546 e. The van der Waals surface area contributed by atoms with Crippen LogP contribution >= 0.6 is 0 Å². The lowest BCUT2D eigenvalue weighted by Crippen LogP contribution is -2.37. The van der Waals surface area contributed by atoms with E-state index >= 15 is 0 Å². The highest BCUT2D eigenvalue weighted by Crippen LogP contribution is 2.24. The molecule has 0 radical (unpaired) electrons. The summed E-state index contributed by atoms with van der Waals surface area (Å²) in [7, 11) is 0. The summed E-state index contributed by atoms with van der Waals surface area (Å²) < 4.78 is 16.1. The highest BCUT2D eigenvalue weighted by Gasteiger charge is 2.11. The monoisotopic (exact) mass is 325 g/mol. The van der Waals surface area contributed by atoms with Gasteiger partial charge < -0.3 is 23.8 Å². The molecule has 3 aromatic rings. The number of benzene rings is 2. The van der Waals surface area contributed by atoms with E-state index in [1.165, 1.54) is 31.4 Å². The fourth-order valence-electron chi connectivity index (χ4n) is 2.10. The summed E-state index contributed by atoms with van der Waals surface area (Å²) >= 11 is 0. The molecule has 1 aromatic heterocycles. The molecule has 1 atom stereocenters.